The van der Waals surface area contributed by atoms with Crippen LogP contribution in [0.5, 0.6) is 0 Å². The highest BCUT2D eigenvalue weighted by Crippen LogP contribution is 2.51. The first-order chi connectivity index (χ1) is 7.74. The van der Waals surface area contributed by atoms with Crippen LogP contribution in [0.3, 0.4) is 0 Å². The van der Waals surface area contributed by atoms with Gasteiger partial charge in [0.2, 0.25) is 0 Å². The summed E-state index contributed by atoms with van der Waals surface area (Å²) in [5.74, 6) is 2.49. The monoisotopic (exact) mass is 224 g/mol. The van der Waals surface area contributed by atoms with Crippen LogP contribution in [0.2, 0.25) is 0 Å². The molecule has 0 heterocycles. The number of hydrogen-bond donors (Lipinski definition) is 0. The van der Waals surface area contributed by atoms with Gasteiger partial charge in [0.1, 0.15) is 0 Å². The second-order valence-electron chi connectivity index (χ2n) is 5.13. The zero-order valence-corrected chi connectivity index (χ0v) is 10.7. The molecule has 0 aromatic carbocycles. The van der Waals surface area contributed by atoms with Crippen molar-refractivity contribution in [1.82, 2.24) is 0 Å². The van der Waals surface area contributed by atoms with Crippen molar-refractivity contribution >= 4 is 0 Å². The van der Waals surface area contributed by atoms with Gasteiger partial charge in [0.05, 0.1) is 6.61 Å². The number of rotatable bonds is 5. The minimum Gasteiger partial charge on any atom is -0.353 e. The van der Waals surface area contributed by atoms with Crippen molar-refractivity contribution in [1.29, 1.82) is 0 Å². The van der Waals surface area contributed by atoms with E-state index in [1.54, 1.807) is 5.57 Å². The zero-order chi connectivity index (χ0) is 11.5. The molecule has 2 rings (SSSR count). The van der Waals surface area contributed by atoms with Crippen LogP contribution in [0, 0.1) is 17.8 Å². The predicted octanol–water partition coefficient (Wildman–Crippen LogP) is 3.38. The quantitative estimate of drug-likeness (QED) is 0.526. The topological polar surface area (TPSA) is 18.5 Å². The summed E-state index contributed by atoms with van der Waals surface area (Å²) in [5, 5.41) is 0. The molecule has 0 aliphatic heterocycles. The molecule has 2 saturated carbocycles. The molecule has 92 valence electrons. The Morgan fingerprint density at radius 3 is 2.81 bits per heavy atom. The van der Waals surface area contributed by atoms with Crippen LogP contribution in [0.1, 0.15) is 40.0 Å². The Kier molecular flexibility index (Phi) is 4.04. The van der Waals surface area contributed by atoms with Crippen LogP contribution in [0.4, 0.5) is 0 Å². The van der Waals surface area contributed by atoms with Gasteiger partial charge in [0.15, 0.2) is 6.29 Å². The summed E-state index contributed by atoms with van der Waals surface area (Å²) in [4.78, 5) is 0. The lowest BCUT2D eigenvalue weighted by Gasteiger charge is -2.25. The van der Waals surface area contributed by atoms with E-state index in [4.69, 9.17) is 9.47 Å². The van der Waals surface area contributed by atoms with Gasteiger partial charge in [0, 0.05) is 6.61 Å². The number of allylic oxidation sites excluding steroid dienone is 2. The van der Waals surface area contributed by atoms with E-state index in [2.05, 4.69) is 13.0 Å². The van der Waals surface area contributed by atoms with E-state index >= 15 is 0 Å². The van der Waals surface area contributed by atoms with E-state index < -0.39 is 0 Å². The second kappa shape index (κ2) is 5.33. The largest absolute Gasteiger partial charge is 0.353 e. The lowest BCUT2D eigenvalue weighted by atomic mass is 9.85. The average Bonchev–Trinajstić information content (AvgIpc) is 2.85. The van der Waals surface area contributed by atoms with Gasteiger partial charge in [-0.3, -0.25) is 0 Å². The zero-order valence-electron chi connectivity index (χ0n) is 10.7. The first-order valence-corrected chi connectivity index (χ1v) is 6.62. The molecule has 2 bridgehead atoms. The highest BCUT2D eigenvalue weighted by molar-refractivity contribution is 5.18. The molecule has 2 aliphatic rings. The molecule has 0 aromatic heterocycles. The molecule has 2 nitrogen and oxygen atoms in total. The van der Waals surface area contributed by atoms with E-state index in [1.807, 2.05) is 13.8 Å². The first-order valence-electron chi connectivity index (χ1n) is 6.62. The Morgan fingerprint density at radius 1 is 1.38 bits per heavy atom. The van der Waals surface area contributed by atoms with Crippen LogP contribution in [-0.4, -0.2) is 19.5 Å². The van der Waals surface area contributed by atoms with Crippen molar-refractivity contribution in [3.05, 3.63) is 11.6 Å². The van der Waals surface area contributed by atoms with Gasteiger partial charge in [-0.25, -0.2) is 0 Å². The van der Waals surface area contributed by atoms with E-state index in [1.165, 1.54) is 19.3 Å². The maximum Gasteiger partial charge on any atom is 0.154 e. The molecule has 0 saturated heterocycles. The van der Waals surface area contributed by atoms with Crippen LogP contribution >= 0.6 is 0 Å². The highest BCUT2D eigenvalue weighted by Gasteiger charge is 2.42. The number of fused-ring (bicyclic) bond motifs is 2. The fourth-order valence-corrected chi connectivity index (χ4v) is 3.40. The van der Waals surface area contributed by atoms with E-state index in [0.717, 1.165) is 31.0 Å². The lowest BCUT2D eigenvalue weighted by molar-refractivity contribution is -0.137. The standard InChI is InChI=1S/C14H24O2/c1-4-12-6-11-7-13(14(12)8-11)9-16-10(3)15-5-2/h4,10-11,13-14H,5-9H2,1-3H3/b12-4+/t10?,11-,13?,14+/m0/s1. The average molecular weight is 224 g/mol. The summed E-state index contributed by atoms with van der Waals surface area (Å²) in [6.07, 6.45) is 6.39. The highest BCUT2D eigenvalue weighted by atomic mass is 16.7. The molecule has 0 spiro atoms. The van der Waals surface area contributed by atoms with Gasteiger partial charge in [-0.1, -0.05) is 11.6 Å². The molecule has 2 aliphatic carbocycles. The maximum atomic E-state index is 5.76. The molecule has 2 heteroatoms. The molecular formula is C14H24O2. The van der Waals surface area contributed by atoms with Crippen LogP contribution in [0.15, 0.2) is 11.6 Å². The summed E-state index contributed by atoms with van der Waals surface area (Å²) in [5.41, 5.74) is 1.67. The summed E-state index contributed by atoms with van der Waals surface area (Å²) in [6, 6.07) is 0. The smallest absolute Gasteiger partial charge is 0.154 e. The summed E-state index contributed by atoms with van der Waals surface area (Å²) < 4.78 is 11.2. The van der Waals surface area contributed by atoms with Crippen molar-refractivity contribution in [2.24, 2.45) is 17.8 Å². The third-order valence-electron chi connectivity index (χ3n) is 4.11. The fraction of sp³-hybridized carbons (Fsp3) is 0.857. The van der Waals surface area contributed by atoms with Crippen molar-refractivity contribution in [2.45, 2.75) is 46.3 Å². The predicted molar refractivity (Wildman–Crippen MR) is 65.1 cm³/mol. The molecule has 0 N–H and O–H groups in total. The molecule has 2 fully saturated rings. The second-order valence-corrected chi connectivity index (χ2v) is 5.13. The van der Waals surface area contributed by atoms with Crippen molar-refractivity contribution in [3.63, 3.8) is 0 Å². The minimum atomic E-state index is -0.0433. The lowest BCUT2D eigenvalue weighted by Crippen LogP contribution is -2.23. The minimum absolute atomic E-state index is 0.0433. The van der Waals surface area contributed by atoms with E-state index in [-0.39, 0.29) is 6.29 Å². The Labute approximate surface area is 99.0 Å². The number of ether oxygens (including phenoxy) is 2. The molecular weight excluding hydrogens is 200 g/mol. The fourth-order valence-electron chi connectivity index (χ4n) is 3.40. The summed E-state index contributed by atoms with van der Waals surface area (Å²) >= 11 is 0. The van der Waals surface area contributed by atoms with Gasteiger partial charge >= 0.3 is 0 Å². The first kappa shape index (κ1) is 12.1. The Hall–Kier alpha value is -0.340. The van der Waals surface area contributed by atoms with Crippen LogP contribution in [-0.2, 0) is 9.47 Å². The Balaban J connectivity index is 1.79. The van der Waals surface area contributed by atoms with E-state index in [9.17, 15) is 0 Å². The molecule has 0 radical (unpaired) electrons. The SMILES string of the molecule is C/C=C1\C[C@H]2CC(COC(C)OCC)[C@@H]1C2. The molecule has 2 unspecified atom stereocenters. The maximum absolute atomic E-state index is 5.76. The molecule has 0 aromatic rings. The van der Waals surface area contributed by atoms with Crippen molar-refractivity contribution < 1.29 is 9.47 Å². The molecule has 16 heavy (non-hydrogen) atoms. The third kappa shape index (κ3) is 2.49. The van der Waals surface area contributed by atoms with Gasteiger partial charge in [-0.05, 0) is 57.8 Å². The summed E-state index contributed by atoms with van der Waals surface area (Å²) in [7, 11) is 0. The van der Waals surface area contributed by atoms with Gasteiger partial charge in [0.25, 0.3) is 0 Å². The molecule has 0 amide bonds. The normalized spacial score (nSPS) is 37.2. The third-order valence-corrected chi connectivity index (χ3v) is 4.11. The molecule has 4 atom stereocenters. The van der Waals surface area contributed by atoms with Gasteiger partial charge in [-0.15, -0.1) is 0 Å². The van der Waals surface area contributed by atoms with Gasteiger partial charge < -0.3 is 9.47 Å². The van der Waals surface area contributed by atoms with Crippen molar-refractivity contribution in [2.75, 3.05) is 13.2 Å². The Morgan fingerprint density at radius 2 is 2.19 bits per heavy atom. The van der Waals surface area contributed by atoms with Crippen LogP contribution in [0.25, 0.3) is 0 Å². The van der Waals surface area contributed by atoms with Crippen LogP contribution < -0.4 is 0 Å². The van der Waals surface area contributed by atoms with E-state index in [0.29, 0.717) is 0 Å². The van der Waals surface area contributed by atoms with Crippen molar-refractivity contribution in [3.8, 4) is 0 Å². The number of hydrogen-bond acceptors (Lipinski definition) is 2. The summed E-state index contributed by atoms with van der Waals surface area (Å²) in [6.45, 7) is 7.79. The van der Waals surface area contributed by atoms with Gasteiger partial charge in [-0.2, -0.15) is 0 Å². The Bertz CT molecular complexity index is 259.